The van der Waals surface area contributed by atoms with E-state index >= 15 is 0 Å². The molecule has 0 bridgehead atoms. The Bertz CT molecular complexity index is 697. The number of thiazole rings is 1. The Kier molecular flexibility index (Phi) is 4.78. The van der Waals surface area contributed by atoms with Crippen LogP contribution in [0.4, 0.5) is 0 Å². The molecule has 2 aromatic rings. The van der Waals surface area contributed by atoms with Gasteiger partial charge in [0.2, 0.25) is 0 Å². The van der Waals surface area contributed by atoms with Crippen molar-refractivity contribution in [2.45, 2.75) is 32.7 Å². The second-order valence-electron chi connectivity index (χ2n) is 6.25. The van der Waals surface area contributed by atoms with Gasteiger partial charge in [-0.05, 0) is 37.8 Å². The molecule has 2 N–H and O–H groups in total. The molecule has 1 amide bonds. The Hall–Kier alpha value is -1.72. The minimum Gasteiger partial charge on any atom is -0.334 e. The normalized spacial score (nSPS) is 21.4. The number of carbonyl (C=O) groups is 1. The maximum Gasteiger partial charge on any atom is 0.254 e. The lowest BCUT2D eigenvalue weighted by Gasteiger charge is -2.39. The van der Waals surface area contributed by atoms with Gasteiger partial charge in [0, 0.05) is 35.6 Å². The SMILES string of the molecule is Cc1nc(-c2cccc(C(=O)N3CCC[C@H](C)[C@H]3CN)c2)cs1. The van der Waals surface area contributed by atoms with Gasteiger partial charge >= 0.3 is 0 Å². The molecule has 1 aromatic carbocycles. The van der Waals surface area contributed by atoms with E-state index in [9.17, 15) is 4.79 Å². The molecule has 1 saturated heterocycles. The Balaban J connectivity index is 1.87. The summed E-state index contributed by atoms with van der Waals surface area (Å²) < 4.78 is 0. The lowest BCUT2D eigenvalue weighted by atomic mass is 9.90. The van der Waals surface area contributed by atoms with Crippen molar-refractivity contribution in [2.24, 2.45) is 11.7 Å². The molecule has 0 unspecified atom stereocenters. The quantitative estimate of drug-likeness (QED) is 0.940. The Morgan fingerprint density at radius 2 is 2.30 bits per heavy atom. The molecule has 23 heavy (non-hydrogen) atoms. The fourth-order valence-electron chi connectivity index (χ4n) is 3.33. The number of nitrogens with two attached hydrogens (primary N) is 1. The second-order valence-corrected chi connectivity index (χ2v) is 7.32. The van der Waals surface area contributed by atoms with Gasteiger partial charge < -0.3 is 10.6 Å². The monoisotopic (exact) mass is 329 g/mol. The van der Waals surface area contributed by atoms with Gasteiger partial charge in [0.05, 0.1) is 10.7 Å². The molecule has 4 nitrogen and oxygen atoms in total. The van der Waals surface area contributed by atoms with Crippen LogP contribution in [-0.2, 0) is 0 Å². The molecule has 0 radical (unpaired) electrons. The first-order valence-electron chi connectivity index (χ1n) is 8.13. The van der Waals surface area contributed by atoms with E-state index < -0.39 is 0 Å². The second kappa shape index (κ2) is 6.81. The maximum atomic E-state index is 13.0. The molecule has 0 spiro atoms. The average molecular weight is 329 g/mol. The van der Waals surface area contributed by atoms with E-state index in [1.807, 2.05) is 41.5 Å². The fraction of sp³-hybridized carbons (Fsp3) is 0.444. The molecule has 122 valence electrons. The van der Waals surface area contributed by atoms with E-state index in [4.69, 9.17) is 5.73 Å². The smallest absolute Gasteiger partial charge is 0.254 e. The van der Waals surface area contributed by atoms with Crippen LogP contribution in [0.2, 0.25) is 0 Å². The number of hydrogen-bond donors (Lipinski definition) is 1. The van der Waals surface area contributed by atoms with Crippen LogP contribution in [0, 0.1) is 12.8 Å². The Morgan fingerprint density at radius 3 is 3.00 bits per heavy atom. The van der Waals surface area contributed by atoms with Gasteiger partial charge in [-0.2, -0.15) is 0 Å². The van der Waals surface area contributed by atoms with E-state index in [1.54, 1.807) is 11.3 Å². The summed E-state index contributed by atoms with van der Waals surface area (Å²) in [6.07, 6.45) is 2.19. The maximum absolute atomic E-state index is 13.0. The molecule has 1 aliphatic rings. The van der Waals surface area contributed by atoms with Crippen molar-refractivity contribution in [1.82, 2.24) is 9.88 Å². The first kappa shape index (κ1) is 16.1. The van der Waals surface area contributed by atoms with Gasteiger partial charge in [-0.1, -0.05) is 19.1 Å². The van der Waals surface area contributed by atoms with Gasteiger partial charge in [0.25, 0.3) is 5.91 Å². The molecule has 3 rings (SSSR count). The number of amides is 1. The summed E-state index contributed by atoms with van der Waals surface area (Å²) in [4.78, 5) is 19.4. The zero-order chi connectivity index (χ0) is 16.4. The third kappa shape index (κ3) is 3.31. The third-order valence-corrected chi connectivity index (χ3v) is 5.42. The predicted octanol–water partition coefficient (Wildman–Crippen LogP) is 3.32. The molecule has 1 aliphatic heterocycles. The topological polar surface area (TPSA) is 59.2 Å². The largest absolute Gasteiger partial charge is 0.334 e. The van der Waals surface area contributed by atoms with Gasteiger partial charge in [-0.3, -0.25) is 4.79 Å². The van der Waals surface area contributed by atoms with Crippen molar-refractivity contribution >= 4 is 17.2 Å². The zero-order valence-electron chi connectivity index (χ0n) is 13.7. The van der Waals surface area contributed by atoms with Gasteiger partial charge in [0.15, 0.2) is 0 Å². The van der Waals surface area contributed by atoms with E-state index in [-0.39, 0.29) is 11.9 Å². The van der Waals surface area contributed by atoms with Crippen LogP contribution >= 0.6 is 11.3 Å². The third-order valence-electron chi connectivity index (χ3n) is 4.64. The lowest BCUT2D eigenvalue weighted by molar-refractivity contribution is 0.0532. The van der Waals surface area contributed by atoms with Crippen LogP contribution in [0.25, 0.3) is 11.3 Å². The van der Waals surface area contributed by atoms with Gasteiger partial charge in [-0.15, -0.1) is 11.3 Å². The summed E-state index contributed by atoms with van der Waals surface area (Å²) in [6.45, 7) is 5.50. The van der Waals surface area contributed by atoms with Crippen molar-refractivity contribution in [1.29, 1.82) is 0 Å². The van der Waals surface area contributed by atoms with Crippen LogP contribution < -0.4 is 5.73 Å². The molecule has 0 aliphatic carbocycles. The van der Waals surface area contributed by atoms with Gasteiger partial charge in [-0.25, -0.2) is 4.98 Å². The van der Waals surface area contributed by atoms with Crippen LogP contribution in [0.15, 0.2) is 29.6 Å². The molecule has 2 atom stereocenters. The highest BCUT2D eigenvalue weighted by molar-refractivity contribution is 7.09. The van der Waals surface area contributed by atoms with Crippen LogP contribution in [-0.4, -0.2) is 34.9 Å². The molecular formula is C18H23N3OS. The molecule has 1 fully saturated rings. The number of hydrogen-bond acceptors (Lipinski definition) is 4. The van der Waals surface area contributed by atoms with Crippen molar-refractivity contribution < 1.29 is 4.79 Å². The number of benzene rings is 1. The molecule has 2 heterocycles. The predicted molar refractivity (Wildman–Crippen MR) is 94.6 cm³/mol. The molecule has 0 saturated carbocycles. The van der Waals surface area contributed by atoms with Crippen molar-refractivity contribution in [3.05, 3.63) is 40.2 Å². The number of piperidine rings is 1. The highest BCUT2D eigenvalue weighted by Crippen LogP contribution is 2.26. The number of aromatic nitrogens is 1. The molecular weight excluding hydrogens is 306 g/mol. The Labute approximate surface area is 141 Å². The van der Waals surface area contributed by atoms with E-state index in [1.165, 1.54) is 0 Å². The van der Waals surface area contributed by atoms with Gasteiger partial charge in [0.1, 0.15) is 0 Å². The summed E-state index contributed by atoms with van der Waals surface area (Å²) in [5, 5.41) is 3.06. The van der Waals surface area contributed by atoms with E-state index in [0.717, 1.165) is 41.2 Å². The minimum absolute atomic E-state index is 0.0841. The van der Waals surface area contributed by atoms with Crippen molar-refractivity contribution in [3.8, 4) is 11.3 Å². The standard InChI is InChI=1S/C18H23N3OS/c1-12-5-4-8-21(17(12)10-19)18(22)15-7-3-6-14(9-15)16-11-23-13(2)20-16/h3,6-7,9,11-12,17H,4-5,8,10,19H2,1-2H3/t12-,17+/m0/s1. The highest BCUT2D eigenvalue weighted by atomic mass is 32.1. The van der Waals surface area contributed by atoms with Crippen LogP contribution in [0.5, 0.6) is 0 Å². The molecule has 1 aromatic heterocycles. The number of rotatable bonds is 3. The number of nitrogens with zero attached hydrogens (tertiary/aromatic N) is 2. The average Bonchev–Trinajstić information content (AvgIpc) is 3.00. The Morgan fingerprint density at radius 1 is 1.48 bits per heavy atom. The minimum atomic E-state index is 0.0841. The fourth-order valence-corrected chi connectivity index (χ4v) is 3.96. The van der Waals surface area contributed by atoms with Crippen molar-refractivity contribution in [3.63, 3.8) is 0 Å². The van der Waals surface area contributed by atoms with E-state index in [0.29, 0.717) is 12.5 Å². The summed E-state index contributed by atoms with van der Waals surface area (Å²) in [7, 11) is 0. The zero-order valence-corrected chi connectivity index (χ0v) is 14.5. The summed E-state index contributed by atoms with van der Waals surface area (Å²) in [6, 6.07) is 7.91. The number of aryl methyl sites for hydroxylation is 1. The lowest BCUT2D eigenvalue weighted by Crippen LogP contribution is -2.51. The van der Waals surface area contributed by atoms with Crippen LogP contribution in [0.3, 0.4) is 0 Å². The molecule has 5 heteroatoms. The number of likely N-dealkylation sites (tertiary alicyclic amines) is 1. The highest BCUT2D eigenvalue weighted by Gasteiger charge is 2.31. The summed E-state index contributed by atoms with van der Waals surface area (Å²) in [5.74, 6) is 0.544. The first-order valence-corrected chi connectivity index (χ1v) is 9.01. The van der Waals surface area contributed by atoms with Crippen molar-refractivity contribution in [2.75, 3.05) is 13.1 Å². The summed E-state index contributed by atoms with van der Waals surface area (Å²) in [5.41, 5.74) is 8.57. The first-order chi connectivity index (χ1) is 11.1. The van der Waals surface area contributed by atoms with E-state index in [2.05, 4.69) is 11.9 Å². The van der Waals surface area contributed by atoms with Crippen LogP contribution in [0.1, 0.15) is 35.1 Å². The number of carbonyl (C=O) groups excluding carboxylic acids is 1. The summed E-state index contributed by atoms with van der Waals surface area (Å²) >= 11 is 1.62.